The number of hydrogen-bond donors (Lipinski definition) is 0. The van der Waals surface area contributed by atoms with E-state index >= 15 is 0 Å². The molecule has 1 aliphatic carbocycles. The van der Waals surface area contributed by atoms with E-state index in [1.54, 1.807) is 49.5 Å². The number of ketones is 1. The Bertz CT molecular complexity index is 1040. The summed E-state index contributed by atoms with van der Waals surface area (Å²) in [6.45, 7) is -0.479. The highest BCUT2D eigenvalue weighted by atomic mass is 35.5. The molecule has 0 radical (unpaired) electrons. The maximum Gasteiger partial charge on any atom is 0.310 e. The molecule has 1 fully saturated rings. The van der Waals surface area contributed by atoms with Gasteiger partial charge >= 0.3 is 5.97 Å². The molecule has 0 saturated heterocycles. The lowest BCUT2D eigenvalue weighted by Crippen LogP contribution is -2.55. The maximum atomic E-state index is 13.1. The molecule has 0 N–H and O–H groups in total. The molecule has 7 nitrogen and oxygen atoms in total. The Morgan fingerprint density at radius 1 is 1.09 bits per heavy atom. The average molecular weight is 474 g/mol. The molecule has 3 rings (SSSR count). The second kappa shape index (κ2) is 10.7. The van der Waals surface area contributed by atoms with Crippen LogP contribution in [-0.4, -0.2) is 50.4 Å². The van der Waals surface area contributed by atoms with Gasteiger partial charge in [0.2, 0.25) is 0 Å². The zero-order valence-electron chi connectivity index (χ0n) is 19.1. The summed E-state index contributed by atoms with van der Waals surface area (Å²) in [5.74, 6) is -0.0304. The third-order valence-corrected chi connectivity index (χ3v) is 6.44. The molecule has 1 unspecified atom stereocenters. The maximum absolute atomic E-state index is 13.1. The minimum atomic E-state index is -1.17. The third kappa shape index (κ3) is 5.14. The van der Waals surface area contributed by atoms with E-state index in [2.05, 4.69) is 0 Å². The van der Waals surface area contributed by atoms with Crippen molar-refractivity contribution in [2.75, 3.05) is 27.9 Å². The fraction of sp³-hybridized carbons (Fsp3) is 0.400. The van der Waals surface area contributed by atoms with E-state index in [4.69, 9.17) is 25.8 Å². The summed E-state index contributed by atoms with van der Waals surface area (Å²) in [5, 5.41) is 0.427. The summed E-state index contributed by atoms with van der Waals surface area (Å²) < 4.78 is 15.7. The van der Waals surface area contributed by atoms with Gasteiger partial charge in [0.05, 0.1) is 20.6 Å². The van der Waals surface area contributed by atoms with Crippen LogP contribution < -0.4 is 9.47 Å². The van der Waals surface area contributed by atoms with Crippen molar-refractivity contribution < 1.29 is 28.6 Å². The Labute approximate surface area is 198 Å². The van der Waals surface area contributed by atoms with Gasteiger partial charge in [0.1, 0.15) is 17.0 Å². The first-order valence-corrected chi connectivity index (χ1v) is 11.1. The van der Waals surface area contributed by atoms with Crippen molar-refractivity contribution >= 4 is 29.3 Å². The van der Waals surface area contributed by atoms with Crippen LogP contribution in [0.15, 0.2) is 42.5 Å². The number of ether oxygens (including phenoxy) is 3. The number of benzene rings is 2. The third-order valence-electron chi connectivity index (χ3n) is 6.11. The van der Waals surface area contributed by atoms with Crippen LogP contribution in [0.25, 0.3) is 0 Å². The predicted molar refractivity (Wildman–Crippen MR) is 124 cm³/mol. The van der Waals surface area contributed by atoms with Crippen LogP contribution in [0.3, 0.4) is 0 Å². The van der Waals surface area contributed by atoms with Gasteiger partial charge in [-0.2, -0.15) is 0 Å². The van der Waals surface area contributed by atoms with Crippen molar-refractivity contribution in [2.24, 2.45) is 0 Å². The zero-order valence-corrected chi connectivity index (χ0v) is 19.8. The first-order valence-electron chi connectivity index (χ1n) is 10.7. The van der Waals surface area contributed by atoms with E-state index < -0.39 is 24.0 Å². The van der Waals surface area contributed by atoms with E-state index in [1.807, 2.05) is 0 Å². The number of rotatable bonds is 8. The summed E-state index contributed by atoms with van der Waals surface area (Å²) in [4.78, 5) is 40.0. The molecule has 1 amide bonds. The highest BCUT2D eigenvalue weighted by Crippen LogP contribution is 2.42. The van der Waals surface area contributed by atoms with Gasteiger partial charge in [-0.15, -0.1) is 0 Å². The lowest BCUT2D eigenvalue weighted by Gasteiger charge is -2.43. The molecule has 1 saturated carbocycles. The van der Waals surface area contributed by atoms with Crippen molar-refractivity contribution in [3.63, 3.8) is 0 Å². The highest BCUT2D eigenvalue weighted by Gasteiger charge is 2.48. The Balaban J connectivity index is 1.73. The molecular formula is C25H28ClNO6. The van der Waals surface area contributed by atoms with E-state index in [1.165, 1.54) is 19.1 Å². The number of nitrogens with zero attached hydrogens (tertiary/aromatic N) is 1. The lowest BCUT2D eigenvalue weighted by molar-refractivity contribution is -0.157. The molecule has 176 valence electrons. The van der Waals surface area contributed by atoms with Crippen molar-refractivity contribution in [3.8, 4) is 11.5 Å². The zero-order chi connectivity index (χ0) is 24.0. The predicted octanol–water partition coefficient (Wildman–Crippen LogP) is 3.94. The number of esters is 1. The van der Waals surface area contributed by atoms with Gasteiger partial charge in [-0.1, -0.05) is 35.9 Å². The van der Waals surface area contributed by atoms with Crippen molar-refractivity contribution in [3.05, 3.63) is 58.6 Å². The van der Waals surface area contributed by atoms with Crippen LogP contribution in [0.5, 0.6) is 11.5 Å². The smallest absolute Gasteiger partial charge is 0.310 e. The Morgan fingerprint density at radius 3 is 2.52 bits per heavy atom. The van der Waals surface area contributed by atoms with Crippen LogP contribution in [-0.2, 0) is 31.1 Å². The van der Waals surface area contributed by atoms with Crippen molar-refractivity contribution in [1.29, 1.82) is 0 Å². The first kappa shape index (κ1) is 24.6. The molecule has 2 aromatic carbocycles. The standard InChI is InChI=1S/C25H28ClNO6/c1-27(25(13-7-6-10-22(25)28)19-8-4-5-9-20(19)26)23(29)16-33-24(30)14-17-11-12-18(31-2)15-21(17)32-3/h4-5,8-9,11-12,15H,6-7,10,13-14,16H2,1-3H3. The topological polar surface area (TPSA) is 82.1 Å². The number of hydrogen-bond acceptors (Lipinski definition) is 6. The number of methoxy groups -OCH3 is 2. The van der Waals surface area contributed by atoms with Crippen molar-refractivity contribution in [2.45, 2.75) is 37.6 Å². The molecule has 1 atom stereocenters. The fourth-order valence-electron chi connectivity index (χ4n) is 4.29. The van der Waals surface area contributed by atoms with Crippen LogP contribution >= 0.6 is 11.6 Å². The molecular weight excluding hydrogens is 446 g/mol. The second-order valence-corrected chi connectivity index (χ2v) is 8.35. The Hall–Kier alpha value is -3.06. The average Bonchev–Trinajstić information content (AvgIpc) is 2.83. The summed E-state index contributed by atoms with van der Waals surface area (Å²) in [6, 6.07) is 12.2. The van der Waals surface area contributed by atoms with E-state index in [0.717, 1.165) is 12.8 Å². The summed E-state index contributed by atoms with van der Waals surface area (Å²) in [7, 11) is 4.60. The molecule has 0 aliphatic heterocycles. The van der Waals surface area contributed by atoms with E-state index in [-0.39, 0.29) is 12.2 Å². The normalized spacial score (nSPS) is 17.9. The highest BCUT2D eigenvalue weighted by molar-refractivity contribution is 6.31. The number of carbonyl (C=O) groups excluding carboxylic acids is 3. The van der Waals surface area contributed by atoms with Crippen LogP contribution in [0.1, 0.15) is 36.8 Å². The van der Waals surface area contributed by atoms with Crippen LogP contribution in [0, 0.1) is 0 Å². The van der Waals surface area contributed by atoms with Gasteiger partial charge in [0, 0.05) is 35.7 Å². The van der Waals surface area contributed by atoms with Crippen LogP contribution in [0.2, 0.25) is 5.02 Å². The lowest BCUT2D eigenvalue weighted by atomic mass is 9.74. The molecule has 0 bridgehead atoms. The SMILES string of the molecule is COc1ccc(CC(=O)OCC(=O)N(C)C2(c3ccccc3Cl)CCCCC2=O)c(OC)c1. The summed E-state index contributed by atoms with van der Waals surface area (Å²) in [5.41, 5.74) is 0.0415. The largest absolute Gasteiger partial charge is 0.497 e. The monoisotopic (exact) mass is 473 g/mol. The number of halogens is 1. The van der Waals surface area contributed by atoms with Gasteiger partial charge in [-0.25, -0.2) is 0 Å². The number of carbonyl (C=O) groups is 3. The van der Waals surface area contributed by atoms with Gasteiger partial charge in [-0.3, -0.25) is 14.4 Å². The Morgan fingerprint density at radius 2 is 1.85 bits per heavy atom. The van der Waals surface area contributed by atoms with Crippen molar-refractivity contribution in [1.82, 2.24) is 4.90 Å². The van der Waals surface area contributed by atoms with Crippen LogP contribution in [0.4, 0.5) is 0 Å². The molecule has 8 heteroatoms. The van der Waals surface area contributed by atoms with Gasteiger partial charge in [-0.05, 0) is 31.4 Å². The van der Waals surface area contributed by atoms with Gasteiger partial charge in [0.25, 0.3) is 5.91 Å². The summed E-state index contributed by atoms with van der Waals surface area (Å²) in [6.07, 6.45) is 2.31. The number of Topliss-reactive ketones (excluding diaryl/α,β-unsaturated/α-hetero) is 1. The summed E-state index contributed by atoms with van der Waals surface area (Å²) >= 11 is 6.43. The molecule has 0 heterocycles. The molecule has 1 aliphatic rings. The molecule has 2 aromatic rings. The van der Waals surface area contributed by atoms with E-state index in [0.29, 0.717) is 40.5 Å². The first-order chi connectivity index (χ1) is 15.8. The van der Waals surface area contributed by atoms with Gasteiger partial charge < -0.3 is 19.1 Å². The Kier molecular flexibility index (Phi) is 7.97. The minimum Gasteiger partial charge on any atom is -0.497 e. The molecule has 0 aromatic heterocycles. The quantitative estimate of drug-likeness (QED) is 0.540. The minimum absolute atomic E-state index is 0.0630. The fourth-order valence-corrected chi connectivity index (χ4v) is 4.58. The molecule has 33 heavy (non-hydrogen) atoms. The number of likely N-dealkylation sites (N-methyl/N-ethyl adjacent to an activating group) is 1. The van der Waals surface area contributed by atoms with E-state index in [9.17, 15) is 14.4 Å². The van der Waals surface area contributed by atoms with Gasteiger partial charge in [0.15, 0.2) is 12.4 Å². The molecule has 0 spiro atoms. The number of amides is 1. The second-order valence-electron chi connectivity index (χ2n) is 7.94.